The Labute approximate surface area is 166 Å². The van der Waals surface area contributed by atoms with E-state index in [9.17, 15) is 14.9 Å². The van der Waals surface area contributed by atoms with Crippen LogP contribution in [0.25, 0.3) is 0 Å². The van der Waals surface area contributed by atoms with Crippen LogP contribution in [-0.4, -0.2) is 34.9 Å². The van der Waals surface area contributed by atoms with E-state index in [1.54, 1.807) is 18.2 Å². The van der Waals surface area contributed by atoms with E-state index in [2.05, 4.69) is 5.32 Å². The van der Waals surface area contributed by atoms with Crippen molar-refractivity contribution < 1.29 is 24.3 Å². The van der Waals surface area contributed by atoms with E-state index < -0.39 is 16.9 Å². The van der Waals surface area contributed by atoms with Crippen LogP contribution in [0.4, 0.5) is 5.69 Å². The molecule has 0 spiro atoms. The van der Waals surface area contributed by atoms with Gasteiger partial charge in [-0.1, -0.05) is 12.1 Å². The fraction of sp³-hybridized carbons (Fsp3) is 0.316. The fourth-order valence-electron chi connectivity index (χ4n) is 2.92. The van der Waals surface area contributed by atoms with E-state index in [1.807, 2.05) is 19.1 Å². The molecule has 2 atom stereocenters. The van der Waals surface area contributed by atoms with Crippen molar-refractivity contribution in [3.63, 3.8) is 0 Å². The van der Waals surface area contributed by atoms with Crippen molar-refractivity contribution in [3.8, 4) is 11.5 Å². The van der Waals surface area contributed by atoms with Gasteiger partial charge in [0.05, 0.1) is 17.4 Å². The predicted octanol–water partition coefficient (Wildman–Crippen LogP) is 3.28. The summed E-state index contributed by atoms with van der Waals surface area (Å²) in [6.45, 7) is 1.92. The lowest BCUT2D eigenvalue weighted by atomic mass is 10.1. The molecule has 9 heteroatoms. The van der Waals surface area contributed by atoms with Crippen molar-refractivity contribution >= 4 is 23.4 Å². The maximum absolute atomic E-state index is 11.2. The Balaban J connectivity index is 1.81. The molecule has 2 N–H and O–H groups in total. The van der Waals surface area contributed by atoms with Crippen LogP contribution in [0.15, 0.2) is 36.4 Å². The second-order valence-corrected chi connectivity index (χ2v) is 7.50. The minimum Gasteiger partial charge on any atom is -0.496 e. The number of methoxy groups -OCH3 is 1. The summed E-state index contributed by atoms with van der Waals surface area (Å²) in [5.41, 5.74) is 2.37. The minimum atomic E-state index is -0.876. The number of hydrogen-bond donors (Lipinski definition) is 2. The average molecular weight is 404 g/mol. The standard InChI is InChI=1S/C19H20N2O6S/c1-11-3-5-15(21(24)25)17(7-11)27-9-13-8-12(4-6-16(13)26-2)18-20-14(10-28-18)19(22)23/h3-8,14,18,20H,9-10H2,1-2H3,(H,22,23)/t14-,18-/m1/s1. The van der Waals surface area contributed by atoms with Crippen molar-refractivity contribution in [2.45, 2.75) is 24.9 Å². The SMILES string of the molecule is COc1ccc([C@@H]2N[C@@H](C(=O)O)CS2)cc1COc1cc(C)ccc1[N+](=O)[O-]. The van der Waals surface area contributed by atoms with Crippen LogP contribution in [0, 0.1) is 17.0 Å². The first-order valence-corrected chi connectivity index (χ1v) is 9.59. The van der Waals surface area contributed by atoms with Crippen molar-refractivity contribution in [2.24, 2.45) is 0 Å². The summed E-state index contributed by atoms with van der Waals surface area (Å²) >= 11 is 1.51. The molecule has 1 aliphatic heterocycles. The van der Waals surface area contributed by atoms with Gasteiger partial charge in [0, 0.05) is 17.4 Å². The van der Waals surface area contributed by atoms with E-state index in [1.165, 1.54) is 24.9 Å². The average Bonchev–Trinajstić information content (AvgIpc) is 3.16. The molecule has 1 fully saturated rings. The Bertz CT molecular complexity index is 904. The van der Waals surface area contributed by atoms with Crippen molar-refractivity contribution in [2.75, 3.05) is 12.9 Å². The van der Waals surface area contributed by atoms with Gasteiger partial charge in [0.1, 0.15) is 18.4 Å². The molecule has 0 unspecified atom stereocenters. The van der Waals surface area contributed by atoms with E-state index in [0.717, 1.165) is 16.7 Å². The van der Waals surface area contributed by atoms with Crippen molar-refractivity contribution in [1.29, 1.82) is 0 Å². The van der Waals surface area contributed by atoms with Gasteiger partial charge in [-0.2, -0.15) is 0 Å². The van der Waals surface area contributed by atoms with Crippen LogP contribution >= 0.6 is 11.8 Å². The zero-order valence-electron chi connectivity index (χ0n) is 15.4. The lowest BCUT2D eigenvalue weighted by Gasteiger charge is -2.16. The van der Waals surface area contributed by atoms with Gasteiger partial charge < -0.3 is 14.6 Å². The van der Waals surface area contributed by atoms with Crippen LogP contribution < -0.4 is 14.8 Å². The normalized spacial score (nSPS) is 18.6. The summed E-state index contributed by atoms with van der Waals surface area (Å²) in [6.07, 6.45) is 0. The first-order chi connectivity index (χ1) is 13.4. The number of rotatable bonds is 7. The minimum absolute atomic E-state index is 0.0844. The molecule has 1 heterocycles. The number of nitro benzene ring substituents is 1. The molecule has 28 heavy (non-hydrogen) atoms. The number of thioether (sulfide) groups is 1. The third-order valence-electron chi connectivity index (χ3n) is 4.38. The number of aliphatic carboxylic acids is 1. The van der Waals surface area contributed by atoms with Gasteiger partial charge in [-0.15, -0.1) is 11.8 Å². The zero-order valence-corrected chi connectivity index (χ0v) is 16.2. The molecule has 2 aromatic rings. The Morgan fingerprint density at radius 2 is 2.11 bits per heavy atom. The summed E-state index contributed by atoms with van der Waals surface area (Å²) in [7, 11) is 1.54. The summed E-state index contributed by atoms with van der Waals surface area (Å²) < 4.78 is 11.1. The topological polar surface area (TPSA) is 111 Å². The third kappa shape index (κ3) is 4.37. The number of benzene rings is 2. The van der Waals surface area contributed by atoms with E-state index >= 15 is 0 Å². The smallest absolute Gasteiger partial charge is 0.321 e. The highest BCUT2D eigenvalue weighted by Gasteiger charge is 2.30. The summed E-state index contributed by atoms with van der Waals surface area (Å²) in [4.78, 5) is 21.9. The lowest BCUT2D eigenvalue weighted by molar-refractivity contribution is -0.386. The third-order valence-corrected chi connectivity index (χ3v) is 5.65. The molecule has 0 saturated carbocycles. The van der Waals surface area contributed by atoms with E-state index in [-0.39, 0.29) is 23.4 Å². The molecular formula is C19H20N2O6S. The van der Waals surface area contributed by atoms with Gasteiger partial charge in [0.25, 0.3) is 0 Å². The van der Waals surface area contributed by atoms with Crippen molar-refractivity contribution in [3.05, 3.63) is 63.2 Å². The number of carboxylic acids is 1. The number of carbonyl (C=O) groups is 1. The maximum Gasteiger partial charge on any atom is 0.321 e. The lowest BCUT2D eigenvalue weighted by Crippen LogP contribution is -2.33. The van der Waals surface area contributed by atoms with Crippen molar-refractivity contribution in [1.82, 2.24) is 5.32 Å². The molecule has 0 bridgehead atoms. The monoisotopic (exact) mass is 404 g/mol. The second-order valence-electron chi connectivity index (χ2n) is 6.36. The van der Waals surface area contributed by atoms with Crippen LogP contribution in [0.1, 0.15) is 22.1 Å². The summed E-state index contributed by atoms with van der Waals surface area (Å²) in [6, 6.07) is 9.64. The Morgan fingerprint density at radius 1 is 1.32 bits per heavy atom. The zero-order chi connectivity index (χ0) is 20.3. The fourth-order valence-corrected chi connectivity index (χ4v) is 4.15. The number of carboxylic acid groups (broad SMARTS) is 1. The number of nitrogens with one attached hydrogen (secondary N) is 1. The molecule has 0 aromatic heterocycles. The molecule has 0 amide bonds. The van der Waals surface area contributed by atoms with Crippen LogP contribution in [0.5, 0.6) is 11.5 Å². The highest BCUT2D eigenvalue weighted by molar-refractivity contribution is 7.99. The molecule has 3 rings (SSSR count). The highest BCUT2D eigenvalue weighted by Crippen LogP contribution is 2.36. The molecule has 0 radical (unpaired) electrons. The number of nitro groups is 1. The molecule has 8 nitrogen and oxygen atoms in total. The molecule has 2 aromatic carbocycles. The van der Waals surface area contributed by atoms with Gasteiger partial charge in [-0.3, -0.25) is 20.2 Å². The van der Waals surface area contributed by atoms with E-state index in [4.69, 9.17) is 14.6 Å². The van der Waals surface area contributed by atoms with Gasteiger partial charge in [0.2, 0.25) is 0 Å². The van der Waals surface area contributed by atoms with Gasteiger partial charge in [-0.05, 0) is 36.2 Å². The quantitative estimate of drug-likeness (QED) is 0.534. The molecule has 1 saturated heterocycles. The highest BCUT2D eigenvalue weighted by atomic mass is 32.2. The van der Waals surface area contributed by atoms with Gasteiger partial charge >= 0.3 is 11.7 Å². The maximum atomic E-state index is 11.2. The number of nitrogens with zero attached hydrogens (tertiary/aromatic N) is 1. The summed E-state index contributed by atoms with van der Waals surface area (Å²) in [5, 5.41) is 23.3. The van der Waals surface area contributed by atoms with Crippen LogP contribution in [0.2, 0.25) is 0 Å². The largest absolute Gasteiger partial charge is 0.496 e. The van der Waals surface area contributed by atoms with Gasteiger partial charge in [0.15, 0.2) is 5.75 Å². The Hall–Kier alpha value is -2.78. The molecule has 0 aliphatic carbocycles. The molecular weight excluding hydrogens is 384 g/mol. The Kier molecular flexibility index (Phi) is 6.05. The molecule has 148 valence electrons. The first kappa shape index (κ1) is 20.0. The Morgan fingerprint density at radius 3 is 2.75 bits per heavy atom. The number of ether oxygens (including phenoxy) is 2. The predicted molar refractivity (Wildman–Crippen MR) is 105 cm³/mol. The second kappa shape index (κ2) is 8.49. The number of hydrogen-bond acceptors (Lipinski definition) is 7. The van der Waals surface area contributed by atoms with Gasteiger partial charge in [-0.25, -0.2) is 0 Å². The first-order valence-electron chi connectivity index (χ1n) is 8.54. The molecule has 1 aliphatic rings. The van der Waals surface area contributed by atoms with Crippen LogP contribution in [-0.2, 0) is 11.4 Å². The number of aryl methyl sites for hydroxylation is 1. The van der Waals surface area contributed by atoms with E-state index in [0.29, 0.717) is 11.5 Å². The summed E-state index contributed by atoms with van der Waals surface area (Å²) in [5.74, 6) is 0.389. The van der Waals surface area contributed by atoms with Crippen LogP contribution in [0.3, 0.4) is 0 Å².